The summed E-state index contributed by atoms with van der Waals surface area (Å²) in [7, 11) is 4.36. The maximum absolute atomic E-state index is 13.4. The number of esters is 1. The SMILES string of the molecule is CCC(Sc1cccc(NC(=O)c2c(OC)cccc2OC)c1)C(=O)Nc1sc2c(c1C(=O)OC)CCC(C)C2. The second-order valence-corrected chi connectivity index (χ2v) is 12.0. The molecule has 0 radical (unpaired) electrons. The summed E-state index contributed by atoms with van der Waals surface area (Å²) in [5.41, 5.74) is 2.36. The molecule has 4 rings (SSSR count). The van der Waals surface area contributed by atoms with Crippen molar-refractivity contribution in [1.82, 2.24) is 0 Å². The van der Waals surface area contributed by atoms with Crippen molar-refractivity contribution in [3.05, 3.63) is 64.0 Å². The number of anilines is 2. The molecule has 1 heterocycles. The summed E-state index contributed by atoms with van der Waals surface area (Å²) >= 11 is 2.87. The number of methoxy groups -OCH3 is 3. The van der Waals surface area contributed by atoms with E-state index in [-0.39, 0.29) is 11.8 Å². The first-order valence-electron chi connectivity index (χ1n) is 13.1. The molecule has 1 aliphatic rings. The Bertz CT molecular complexity index is 1380. The molecule has 8 nitrogen and oxygen atoms in total. The quantitative estimate of drug-likeness (QED) is 0.210. The lowest BCUT2D eigenvalue weighted by molar-refractivity contribution is -0.115. The van der Waals surface area contributed by atoms with Gasteiger partial charge in [0.2, 0.25) is 5.91 Å². The fourth-order valence-corrected chi connectivity index (χ4v) is 7.17. The van der Waals surface area contributed by atoms with E-state index in [9.17, 15) is 14.4 Å². The van der Waals surface area contributed by atoms with Crippen LogP contribution in [-0.2, 0) is 22.4 Å². The van der Waals surface area contributed by atoms with E-state index in [0.29, 0.717) is 45.7 Å². The summed E-state index contributed by atoms with van der Waals surface area (Å²) in [4.78, 5) is 41.1. The van der Waals surface area contributed by atoms with E-state index in [1.54, 1.807) is 24.3 Å². The number of nitrogens with one attached hydrogen (secondary N) is 2. The van der Waals surface area contributed by atoms with Gasteiger partial charge in [0.1, 0.15) is 22.1 Å². The molecule has 1 aromatic heterocycles. The van der Waals surface area contributed by atoms with Crippen LogP contribution in [0.4, 0.5) is 10.7 Å². The van der Waals surface area contributed by atoms with Crippen molar-refractivity contribution in [2.24, 2.45) is 5.92 Å². The van der Waals surface area contributed by atoms with Gasteiger partial charge in [-0.15, -0.1) is 23.1 Å². The minimum atomic E-state index is -0.418. The van der Waals surface area contributed by atoms with Crippen molar-refractivity contribution in [1.29, 1.82) is 0 Å². The van der Waals surface area contributed by atoms with Gasteiger partial charge in [-0.25, -0.2) is 4.79 Å². The Morgan fingerprint density at radius 2 is 1.73 bits per heavy atom. The molecule has 3 aromatic rings. The van der Waals surface area contributed by atoms with Crippen LogP contribution < -0.4 is 20.1 Å². The molecule has 10 heteroatoms. The lowest BCUT2D eigenvalue weighted by atomic mass is 9.88. The van der Waals surface area contributed by atoms with Gasteiger partial charge >= 0.3 is 5.97 Å². The molecule has 0 saturated carbocycles. The number of thioether (sulfide) groups is 1. The number of thiophene rings is 1. The lowest BCUT2D eigenvalue weighted by Crippen LogP contribution is -2.25. The first-order valence-corrected chi connectivity index (χ1v) is 14.8. The normalized spacial score (nSPS) is 15.0. The van der Waals surface area contributed by atoms with Crippen LogP contribution in [0, 0.1) is 5.92 Å². The Hall–Kier alpha value is -3.50. The molecule has 2 unspecified atom stereocenters. The van der Waals surface area contributed by atoms with Crippen LogP contribution in [0.5, 0.6) is 11.5 Å². The average Bonchev–Trinajstić information content (AvgIpc) is 3.31. The smallest absolute Gasteiger partial charge is 0.341 e. The predicted octanol–water partition coefficient (Wildman–Crippen LogP) is 6.44. The molecule has 0 saturated heterocycles. The standard InChI is InChI=1S/C30H34N2O6S2/c1-6-23(27(33)32-29-25(30(35)38-5)20-14-13-17(2)15-24(20)40-29)39-19-10-7-9-18(16-19)31-28(34)26-21(36-3)11-8-12-22(26)37-4/h7-12,16-17,23H,6,13-15H2,1-5H3,(H,31,34)(H,32,33). The zero-order valence-corrected chi connectivity index (χ0v) is 24.9. The van der Waals surface area contributed by atoms with Gasteiger partial charge in [-0.05, 0) is 67.5 Å². The number of hydrogen-bond donors (Lipinski definition) is 2. The highest BCUT2D eigenvalue weighted by molar-refractivity contribution is 8.00. The average molecular weight is 583 g/mol. The molecule has 2 N–H and O–H groups in total. The second-order valence-electron chi connectivity index (χ2n) is 9.57. The summed E-state index contributed by atoms with van der Waals surface area (Å²) in [5, 5.41) is 6.07. The van der Waals surface area contributed by atoms with Crippen LogP contribution in [0.15, 0.2) is 47.4 Å². The zero-order chi connectivity index (χ0) is 28.8. The second kappa shape index (κ2) is 13.2. The van der Waals surface area contributed by atoms with E-state index in [4.69, 9.17) is 14.2 Å². The minimum absolute atomic E-state index is 0.183. The summed E-state index contributed by atoms with van der Waals surface area (Å²) in [6.07, 6.45) is 3.27. The van der Waals surface area contributed by atoms with E-state index in [1.807, 2.05) is 25.1 Å². The molecular formula is C30H34N2O6S2. The highest BCUT2D eigenvalue weighted by Crippen LogP contribution is 2.40. The third-order valence-electron chi connectivity index (χ3n) is 6.83. The van der Waals surface area contributed by atoms with E-state index >= 15 is 0 Å². The molecule has 0 spiro atoms. The van der Waals surface area contributed by atoms with Crippen molar-refractivity contribution in [3.63, 3.8) is 0 Å². The van der Waals surface area contributed by atoms with Crippen LogP contribution in [0.1, 0.15) is 57.8 Å². The highest BCUT2D eigenvalue weighted by atomic mass is 32.2. The number of rotatable bonds is 10. The molecular weight excluding hydrogens is 548 g/mol. The van der Waals surface area contributed by atoms with Gasteiger partial charge in [-0.1, -0.05) is 26.0 Å². The van der Waals surface area contributed by atoms with Crippen molar-refractivity contribution in [2.45, 2.75) is 49.7 Å². The van der Waals surface area contributed by atoms with Crippen LogP contribution >= 0.6 is 23.1 Å². The van der Waals surface area contributed by atoms with Crippen molar-refractivity contribution >= 4 is 51.6 Å². The van der Waals surface area contributed by atoms with Gasteiger partial charge in [-0.3, -0.25) is 9.59 Å². The van der Waals surface area contributed by atoms with Crippen molar-refractivity contribution < 1.29 is 28.6 Å². The van der Waals surface area contributed by atoms with Gasteiger partial charge in [0, 0.05) is 15.5 Å². The Balaban J connectivity index is 1.50. The Morgan fingerprint density at radius 1 is 1.02 bits per heavy atom. The lowest BCUT2D eigenvalue weighted by Gasteiger charge is -2.18. The maximum atomic E-state index is 13.4. The molecule has 2 amide bonds. The monoisotopic (exact) mass is 582 g/mol. The fourth-order valence-electron chi connectivity index (χ4n) is 4.75. The van der Waals surface area contributed by atoms with Crippen LogP contribution in [0.25, 0.3) is 0 Å². The third kappa shape index (κ3) is 6.45. The van der Waals surface area contributed by atoms with E-state index < -0.39 is 11.2 Å². The van der Waals surface area contributed by atoms with Crippen molar-refractivity contribution in [2.75, 3.05) is 32.0 Å². The maximum Gasteiger partial charge on any atom is 0.341 e. The number of ether oxygens (including phenoxy) is 3. The molecule has 1 aliphatic carbocycles. The fraction of sp³-hybridized carbons (Fsp3) is 0.367. The molecule has 40 heavy (non-hydrogen) atoms. The van der Waals surface area contributed by atoms with Gasteiger partial charge in [0.15, 0.2) is 0 Å². The largest absolute Gasteiger partial charge is 0.496 e. The molecule has 2 atom stereocenters. The van der Waals surface area contributed by atoms with E-state index in [0.717, 1.165) is 34.6 Å². The Morgan fingerprint density at radius 3 is 2.38 bits per heavy atom. The number of benzene rings is 2. The topological polar surface area (TPSA) is 103 Å². The number of hydrogen-bond acceptors (Lipinski definition) is 8. The summed E-state index contributed by atoms with van der Waals surface area (Å²) in [6, 6.07) is 12.5. The van der Waals surface area contributed by atoms with Gasteiger partial charge in [0.25, 0.3) is 5.91 Å². The van der Waals surface area contributed by atoms with Crippen LogP contribution in [0.2, 0.25) is 0 Å². The molecule has 0 fully saturated rings. The van der Waals surface area contributed by atoms with E-state index in [1.165, 1.54) is 44.4 Å². The summed E-state index contributed by atoms with van der Waals surface area (Å²) < 4.78 is 15.8. The predicted molar refractivity (Wildman–Crippen MR) is 159 cm³/mol. The molecule has 0 aliphatic heterocycles. The Labute approximate surface area is 242 Å². The third-order valence-corrected chi connectivity index (χ3v) is 9.35. The Kier molecular flexibility index (Phi) is 9.76. The minimum Gasteiger partial charge on any atom is -0.496 e. The summed E-state index contributed by atoms with van der Waals surface area (Å²) in [6.45, 7) is 4.14. The number of amides is 2. The zero-order valence-electron chi connectivity index (χ0n) is 23.3. The van der Waals surface area contributed by atoms with E-state index in [2.05, 4.69) is 17.6 Å². The van der Waals surface area contributed by atoms with Crippen LogP contribution in [0.3, 0.4) is 0 Å². The number of carbonyl (C=O) groups excluding carboxylic acids is 3. The van der Waals surface area contributed by atoms with Crippen LogP contribution in [-0.4, -0.2) is 44.4 Å². The first-order chi connectivity index (χ1) is 19.3. The highest BCUT2D eigenvalue weighted by Gasteiger charge is 2.30. The van der Waals surface area contributed by atoms with Gasteiger partial charge < -0.3 is 24.8 Å². The number of fused-ring (bicyclic) bond motifs is 1. The first kappa shape index (κ1) is 29.5. The molecule has 0 bridgehead atoms. The van der Waals surface area contributed by atoms with Gasteiger partial charge in [0.05, 0.1) is 32.1 Å². The number of carbonyl (C=O) groups is 3. The van der Waals surface area contributed by atoms with Crippen molar-refractivity contribution in [3.8, 4) is 11.5 Å². The van der Waals surface area contributed by atoms with Gasteiger partial charge in [-0.2, -0.15) is 0 Å². The molecule has 212 valence electrons. The molecule has 2 aromatic carbocycles. The summed E-state index contributed by atoms with van der Waals surface area (Å²) in [5.74, 6) is 0.376.